The highest BCUT2D eigenvalue weighted by molar-refractivity contribution is 7.13. The Morgan fingerprint density at radius 1 is 1.33 bits per heavy atom. The molecule has 0 amide bonds. The lowest BCUT2D eigenvalue weighted by atomic mass is 10.3. The predicted molar refractivity (Wildman–Crippen MR) is 57.2 cm³/mol. The molecule has 0 aliphatic heterocycles. The number of nitrogens with zero attached hydrogens (tertiary/aromatic N) is 4. The Morgan fingerprint density at radius 3 is 2.87 bits per heavy atom. The number of rotatable bonds is 2. The maximum atomic E-state index is 9.17. The van der Waals surface area contributed by atoms with Gasteiger partial charge in [0.1, 0.15) is 11.3 Å². The zero-order valence-corrected chi connectivity index (χ0v) is 8.90. The third-order valence-corrected chi connectivity index (χ3v) is 2.41. The van der Waals surface area contributed by atoms with Crippen molar-refractivity contribution in [1.82, 2.24) is 10.2 Å². The Kier molecular flexibility index (Phi) is 2.89. The number of hydrogen-bond donors (Lipinski definition) is 1. The first kappa shape index (κ1) is 10.0. The van der Waals surface area contributed by atoms with Crippen LogP contribution in [0.15, 0.2) is 33.9 Å². The van der Waals surface area contributed by atoms with E-state index in [9.17, 15) is 5.11 Å². The van der Waals surface area contributed by atoms with Gasteiger partial charge in [-0.1, -0.05) is 22.9 Å². The van der Waals surface area contributed by atoms with E-state index in [0.717, 1.165) is 0 Å². The molecule has 7 heteroatoms. The molecule has 2 aromatic rings. The van der Waals surface area contributed by atoms with Gasteiger partial charge in [0.15, 0.2) is 0 Å². The summed E-state index contributed by atoms with van der Waals surface area (Å²) in [6, 6.07) is 4.57. The first-order valence-corrected chi connectivity index (χ1v) is 5.18. The quantitative estimate of drug-likeness (QED) is 0.819. The molecule has 0 atom stereocenters. The van der Waals surface area contributed by atoms with Crippen molar-refractivity contribution < 1.29 is 5.11 Å². The Morgan fingerprint density at radius 2 is 2.20 bits per heavy atom. The van der Waals surface area contributed by atoms with E-state index >= 15 is 0 Å². The number of aromatic hydroxyl groups is 1. The average Bonchev–Trinajstić information content (AvgIpc) is 2.73. The van der Waals surface area contributed by atoms with Gasteiger partial charge in [0.25, 0.3) is 5.13 Å². The number of halogens is 1. The van der Waals surface area contributed by atoms with Crippen LogP contribution in [-0.4, -0.2) is 15.3 Å². The van der Waals surface area contributed by atoms with E-state index < -0.39 is 0 Å². The average molecular weight is 241 g/mol. The highest BCUT2D eigenvalue weighted by Gasteiger charge is 1.99. The van der Waals surface area contributed by atoms with E-state index in [-0.39, 0.29) is 10.8 Å². The second-order valence-electron chi connectivity index (χ2n) is 2.56. The lowest BCUT2D eigenvalue weighted by molar-refractivity contribution is 0.475. The van der Waals surface area contributed by atoms with Gasteiger partial charge in [0, 0.05) is 0 Å². The van der Waals surface area contributed by atoms with Gasteiger partial charge in [-0.2, -0.15) is 0 Å². The minimum Gasteiger partial charge on any atom is -0.506 e. The van der Waals surface area contributed by atoms with Crippen LogP contribution in [0, 0.1) is 0 Å². The van der Waals surface area contributed by atoms with Crippen molar-refractivity contribution in [3.8, 4) is 5.75 Å². The molecule has 1 heterocycles. The summed E-state index contributed by atoms with van der Waals surface area (Å²) in [5.74, 6) is 0.0199. The monoisotopic (exact) mass is 240 g/mol. The highest BCUT2D eigenvalue weighted by Crippen LogP contribution is 2.28. The number of hydrogen-bond acceptors (Lipinski definition) is 6. The third kappa shape index (κ3) is 2.48. The van der Waals surface area contributed by atoms with E-state index in [4.69, 9.17) is 11.6 Å². The number of phenols is 1. The van der Waals surface area contributed by atoms with Gasteiger partial charge in [-0.25, -0.2) is 0 Å². The van der Waals surface area contributed by atoms with Crippen molar-refractivity contribution >= 4 is 33.8 Å². The SMILES string of the molecule is Oc1ccc(N=Nc2nncs2)cc1Cl. The molecule has 1 aromatic carbocycles. The summed E-state index contributed by atoms with van der Waals surface area (Å²) in [5.41, 5.74) is 2.12. The van der Waals surface area contributed by atoms with Gasteiger partial charge in [-0.15, -0.1) is 20.4 Å². The van der Waals surface area contributed by atoms with Gasteiger partial charge in [0.05, 0.1) is 10.7 Å². The molecule has 0 spiro atoms. The molecule has 0 radical (unpaired) electrons. The smallest absolute Gasteiger partial charge is 0.251 e. The lowest BCUT2D eigenvalue weighted by Crippen LogP contribution is -1.68. The molecule has 15 heavy (non-hydrogen) atoms. The maximum Gasteiger partial charge on any atom is 0.251 e. The Hall–Kier alpha value is -1.53. The van der Waals surface area contributed by atoms with Crippen molar-refractivity contribution in [2.75, 3.05) is 0 Å². The van der Waals surface area contributed by atoms with Gasteiger partial charge in [-0.3, -0.25) is 0 Å². The van der Waals surface area contributed by atoms with E-state index in [0.29, 0.717) is 10.8 Å². The topological polar surface area (TPSA) is 70.7 Å². The summed E-state index contributed by atoms with van der Waals surface area (Å²) in [7, 11) is 0. The van der Waals surface area contributed by atoms with Crippen LogP contribution in [0.1, 0.15) is 0 Å². The fourth-order valence-corrected chi connectivity index (χ4v) is 1.41. The van der Waals surface area contributed by atoms with Crippen molar-refractivity contribution in [1.29, 1.82) is 0 Å². The summed E-state index contributed by atoms with van der Waals surface area (Å²) >= 11 is 6.98. The van der Waals surface area contributed by atoms with E-state index in [1.165, 1.54) is 23.5 Å². The molecule has 0 saturated carbocycles. The molecular weight excluding hydrogens is 236 g/mol. The maximum absolute atomic E-state index is 9.17. The van der Waals surface area contributed by atoms with Crippen molar-refractivity contribution in [2.24, 2.45) is 10.2 Å². The molecular formula is C8H5ClN4OS. The molecule has 0 saturated heterocycles. The molecule has 5 nitrogen and oxygen atoms in total. The van der Waals surface area contributed by atoms with Gasteiger partial charge in [-0.05, 0) is 18.2 Å². The fourth-order valence-electron chi connectivity index (χ4n) is 0.869. The van der Waals surface area contributed by atoms with Crippen LogP contribution in [0.2, 0.25) is 5.02 Å². The van der Waals surface area contributed by atoms with E-state index in [1.54, 1.807) is 11.6 Å². The molecule has 0 bridgehead atoms. The Labute approximate surface area is 94.1 Å². The number of phenolic OH excluding ortho intramolecular Hbond substituents is 1. The normalized spacial score (nSPS) is 11.0. The largest absolute Gasteiger partial charge is 0.506 e. The Bertz CT molecular complexity index is 485. The van der Waals surface area contributed by atoms with Crippen LogP contribution in [-0.2, 0) is 0 Å². The van der Waals surface area contributed by atoms with Crippen molar-refractivity contribution in [3.05, 3.63) is 28.7 Å². The summed E-state index contributed by atoms with van der Waals surface area (Å²) in [5, 5.41) is 24.9. The summed E-state index contributed by atoms with van der Waals surface area (Å²) in [6.45, 7) is 0. The molecule has 0 unspecified atom stereocenters. The highest BCUT2D eigenvalue weighted by atomic mass is 35.5. The van der Waals surface area contributed by atoms with Crippen LogP contribution in [0.4, 0.5) is 10.8 Å². The summed E-state index contributed by atoms with van der Waals surface area (Å²) in [4.78, 5) is 0. The lowest BCUT2D eigenvalue weighted by Gasteiger charge is -1.95. The molecule has 0 aliphatic rings. The van der Waals surface area contributed by atoms with Gasteiger partial charge < -0.3 is 5.11 Å². The molecule has 1 aromatic heterocycles. The van der Waals surface area contributed by atoms with Gasteiger partial charge >= 0.3 is 0 Å². The van der Waals surface area contributed by atoms with Crippen LogP contribution in [0.3, 0.4) is 0 Å². The van der Waals surface area contributed by atoms with Crippen molar-refractivity contribution in [3.63, 3.8) is 0 Å². The van der Waals surface area contributed by atoms with Gasteiger partial charge in [0.2, 0.25) is 0 Å². The molecule has 76 valence electrons. The second kappa shape index (κ2) is 4.33. The first-order chi connectivity index (χ1) is 7.25. The van der Waals surface area contributed by atoms with Crippen LogP contribution < -0.4 is 0 Å². The third-order valence-electron chi connectivity index (χ3n) is 1.53. The number of azo groups is 1. The summed E-state index contributed by atoms with van der Waals surface area (Å²) in [6.07, 6.45) is 0. The minimum atomic E-state index is 0.0199. The van der Waals surface area contributed by atoms with Crippen LogP contribution in [0.25, 0.3) is 0 Å². The molecule has 2 rings (SSSR count). The van der Waals surface area contributed by atoms with E-state index in [1.807, 2.05) is 0 Å². The molecule has 0 fully saturated rings. The minimum absolute atomic E-state index is 0.0199. The van der Waals surface area contributed by atoms with Crippen molar-refractivity contribution in [2.45, 2.75) is 0 Å². The number of aromatic nitrogens is 2. The first-order valence-electron chi connectivity index (χ1n) is 3.92. The Balaban J connectivity index is 2.21. The predicted octanol–water partition coefficient (Wildman–Crippen LogP) is 3.31. The zero-order valence-electron chi connectivity index (χ0n) is 7.33. The van der Waals surface area contributed by atoms with E-state index in [2.05, 4.69) is 20.4 Å². The van der Waals surface area contributed by atoms with Crippen LogP contribution in [0.5, 0.6) is 5.75 Å². The summed E-state index contributed by atoms with van der Waals surface area (Å²) < 4.78 is 0. The molecule has 0 aliphatic carbocycles. The number of benzene rings is 1. The fraction of sp³-hybridized carbons (Fsp3) is 0. The standard InChI is InChI=1S/C8H5ClN4OS/c9-6-3-5(1-2-7(6)14)11-13-8-12-10-4-15-8/h1-4,14H. The zero-order chi connectivity index (χ0) is 10.7. The second-order valence-corrected chi connectivity index (χ2v) is 3.78. The molecule has 1 N–H and O–H groups in total. The van der Waals surface area contributed by atoms with Crippen LogP contribution >= 0.6 is 22.9 Å².